The fraction of sp³-hybridized carbons (Fsp3) is 0.538. The van der Waals surface area contributed by atoms with E-state index in [1.807, 2.05) is 12.1 Å². The quantitative estimate of drug-likeness (QED) is 0.822. The number of ether oxygens (including phenoxy) is 1. The molecule has 1 heterocycles. The molecule has 0 saturated heterocycles. The zero-order valence-electron chi connectivity index (χ0n) is 9.44. The highest BCUT2D eigenvalue weighted by Gasteiger charge is 2.27. The Morgan fingerprint density at radius 2 is 2.13 bits per heavy atom. The van der Waals surface area contributed by atoms with Gasteiger partial charge < -0.3 is 10.5 Å². The molecule has 1 aromatic carbocycles. The zero-order chi connectivity index (χ0) is 10.8. The number of fused-ring (bicyclic) bond motifs is 1. The summed E-state index contributed by atoms with van der Waals surface area (Å²) in [5, 5.41) is 0. The third-order valence-electron chi connectivity index (χ3n) is 2.89. The summed E-state index contributed by atoms with van der Waals surface area (Å²) < 4.78 is 5.84. The largest absolute Gasteiger partial charge is 0.488 e. The third kappa shape index (κ3) is 2.32. The molecule has 82 valence electrons. The number of hydrogen-bond acceptors (Lipinski definition) is 2. The van der Waals surface area contributed by atoms with Gasteiger partial charge in [-0.05, 0) is 24.0 Å². The molecule has 0 aliphatic carbocycles. The molecule has 0 radical (unpaired) electrons. The van der Waals surface area contributed by atoms with Crippen LogP contribution in [0.5, 0.6) is 5.75 Å². The molecule has 0 spiro atoms. The van der Waals surface area contributed by atoms with E-state index in [9.17, 15) is 0 Å². The number of para-hydroxylation sites is 1. The fourth-order valence-electron chi connectivity index (χ4n) is 2.14. The summed E-state index contributed by atoms with van der Waals surface area (Å²) in [5.74, 6) is 1.65. The van der Waals surface area contributed by atoms with E-state index in [1.165, 1.54) is 5.56 Å². The summed E-state index contributed by atoms with van der Waals surface area (Å²) in [5.41, 5.74) is 7.43. The second-order valence-electron chi connectivity index (χ2n) is 4.76. The number of benzene rings is 1. The van der Waals surface area contributed by atoms with Crippen LogP contribution in [0.3, 0.4) is 0 Å². The Morgan fingerprint density at radius 3 is 2.80 bits per heavy atom. The van der Waals surface area contributed by atoms with Gasteiger partial charge in [-0.3, -0.25) is 0 Å². The van der Waals surface area contributed by atoms with Gasteiger partial charge in [-0.2, -0.15) is 0 Å². The van der Waals surface area contributed by atoms with E-state index >= 15 is 0 Å². The number of rotatable bonds is 3. The van der Waals surface area contributed by atoms with Crippen molar-refractivity contribution >= 4 is 0 Å². The molecule has 1 aliphatic rings. The van der Waals surface area contributed by atoms with Crippen molar-refractivity contribution in [2.75, 3.05) is 0 Å². The van der Waals surface area contributed by atoms with Gasteiger partial charge in [-0.1, -0.05) is 32.0 Å². The van der Waals surface area contributed by atoms with Crippen molar-refractivity contribution in [2.45, 2.75) is 38.8 Å². The van der Waals surface area contributed by atoms with Gasteiger partial charge in [0.05, 0.1) is 0 Å². The van der Waals surface area contributed by atoms with Crippen molar-refractivity contribution in [3.05, 3.63) is 29.8 Å². The van der Waals surface area contributed by atoms with Gasteiger partial charge in [-0.15, -0.1) is 0 Å². The maximum Gasteiger partial charge on any atom is 0.123 e. The van der Waals surface area contributed by atoms with E-state index in [2.05, 4.69) is 26.0 Å². The average Bonchev–Trinajstić information content (AvgIpc) is 2.59. The van der Waals surface area contributed by atoms with E-state index in [0.717, 1.165) is 18.6 Å². The highest BCUT2D eigenvalue weighted by Crippen LogP contribution is 2.30. The Kier molecular flexibility index (Phi) is 2.96. The highest BCUT2D eigenvalue weighted by atomic mass is 16.5. The molecule has 0 aromatic heterocycles. The summed E-state index contributed by atoms with van der Waals surface area (Å²) >= 11 is 0. The van der Waals surface area contributed by atoms with Crippen LogP contribution >= 0.6 is 0 Å². The molecule has 0 bridgehead atoms. The molecule has 2 unspecified atom stereocenters. The van der Waals surface area contributed by atoms with Crippen molar-refractivity contribution in [1.29, 1.82) is 0 Å². The van der Waals surface area contributed by atoms with Crippen molar-refractivity contribution < 1.29 is 4.74 Å². The summed E-state index contributed by atoms with van der Waals surface area (Å²) in [4.78, 5) is 0. The monoisotopic (exact) mass is 205 g/mol. The molecule has 0 amide bonds. The zero-order valence-corrected chi connectivity index (χ0v) is 9.44. The second kappa shape index (κ2) is 4.23. The lowest BCUT2D eigenvalue weighted by atomic mass is 9.97. The van der Waals surface area contributed by atoms with Crippen molar-refractivity contribution in [1.82, 2.24) is 0 Å². The molecule has 15 heavy (non-hydrogen) atoms. The van der Waals surface area contributed by atoms with Crippen LogP contribution in [0, 0.1) is 5.92 Å². The van der Waals surface area contributed by atoms with Crippen LogP contribution in [0.4, 0.5) is 0 Å². The molecule has 0 saturated carbocycles. The summed E-state index contributed by atoms with van der Waals surface area (Å²) in [7, 11) is 0. The van der Waals surface area contributed by atoms with Gasteiger partial charge in [0.2, 0.25) is 0 Å². The number of hydrogen-bond donors (Lipinski definition) is 1. The minimum Gasteiger partial charge on any atom is -0.488 e. The third-order valence-corrected chi connectivity index (χ3v) is 2.89. The molecule has 2 rings (SSSR count). The summed E-state index contributed by atoms with van der Waals surface area (Å²) in [6, 6.07) is 8.36. The molecule has 1 aromatic rings. The molecule has 0 fully saturated rings. The first-order valence-corrected chi connectivity index (χ1v) is 5.67. The minimum absolute atomic E-state index is 0.150. The van der Waals surface area contributed by atoms with Crippen molar-refractivity contribution in [3.63, 3.8) is 0 Å². The lowest BCUT2D eigenvalue weighted by Gasteiger charge is -2.20. The van der Waals surface area contributed by atoms with Crippen molar-refractivity contribution in [3.8, 4) is 5.75 Å². The Balaban J connectivity index is 2.00. The van der Waals surface area contributed by atoms with E-state index < -0.39 is 0 Å². The fourth-order valence-corrected chi connectivity index (χ4v) is 2.14. The van der Waals surface area contributed by atoms with Crippen LogP contribution in [-0.2, 0) is 6.42 Å². The molecule has 2 N–H and O–H groups in total. The van der Waals surface area contributed by atoms with Gasteiger partial charge in [0.15, 0.2) is 0 Å². The number of nitrogens with two attached hydrogens (primary N) is 1. The molecule has 1 aliphatic heterocycles. The molecule has 2 nitrogen and oxygen atoms in total. The van der Waals surface area contributed by atoms with Crippen LogP contribution in [-0.4, -0.2) is 12.1 Å². The molecular formula is C13H19NO. The topological polar surface area (TPSA) is 35.2 Å². The minimum atomic E-state index is 0.150. The Hall–Kier alpha value is -1.02. The van der Waals surface area contributed by atoms with Crippen LogP contribution in [0.15, 0.2) is 24.3 Å². The van der Waals surface area contributed by atoms with E-state index in [-0.39, 0.29) is 12.1 Å². The van der Waals surface area contributed by atoms with Gasteiger partial charge in [0.25, 0.3) is 0 Å². The predicted molar refractivity (Wildman–Crippen MR) is 62.0 cm³/mol. The van der Waals surface area contributed by atoms with E-state index in [0.29, 0.717) is 5.92 Å². The highest BCUT2D eigenvalue weighted by molar-refractivity contribution is 5.37. The Labute approximate surface area is 91.4 Å². The first kappa shape index (κ1) is 10.5. The van der Waals surface area contributed by atoms with Crippen LogP contribution in [0.1, 0.15) is 25.8 Å². The lowest BCUT2D eigenvalue weighted by Crippen LogP contribution is -2.38. The Bertz CT molecular complexity index is 310. The van der Waals surface area contributed by atoms with Crippen LogP contribution < -0.4 is 10.5 Å². The first-order chi connectivity index (χ1) is 7.16. The normalized spacial score (nSPS) is 21.2. The second-order valence-corrected chi connectivity index (χ2v) is 4.76. The van der Waals surface area contributed by atoms with Gasteiger partial charge in [-0.25, -0.2) is 0 Å². The predicted octanol–water partition coefficient (Wildman–Crippen LogP) is 2.36. The van der Waals surface area contributed by atoms with Crippen LogP contribution in [0.25, 0.3) is 0 Å². The van der Waals surface area contributed by atoms with E-state index in [4.69, 9.17) is 10.5 Å². The van der Waals surface area contributed by atoms with Crippen molar-refractivity contribution in [2.24, 2.45) is 11.7 Å². The maximum atomic E-state index is 6.13. The van der Waals surface area contributed by atoms with E-state index in [1.54, 1.807) is 0 Å². The van der Waals surface area contributed by atoms with Gasteiger partial charge >= 0.3 is 0 Å². The lowest BCUT2D eigenvalue weighted by molar-refractivity contribution is 0.185. The van der Waals surface area contributed by atoms with Gasteiger partial charge in [0, 0.05) is 12.5 Å². The smallest absolute Gasteiger partial charge is 0.123 e. The maximum absolute atomic E-state index is 6.13. The summed E-state index contributed by atoms with van der Waals surface area (Å²) in [6.45, 7) is 4.39. The molecular weight excluding hydrogens is 186 g/mol. The SMILES string of the molecule is CC(C)CC(N)C1Cc2ccccc2O1. The summed E-state index contributed by atoms with van der Waals surface area (Å²) in [6.07, 6.45) is 2.16. The van der Waals surface area contributed by atoms with Crippen LogP contribution in [0.2, 0.25) is 0 Å². The van der Waals surface area contributed by atoms with Gasteiger partial charge in [0.1, 0.15) is 11.9 Å². The molecule has 2 heteroatoms. The average molecular weight is 205 g/mol. The first-order valence-electron chi connectivity index (χ1n) is 5.67. The Morgan fingerprint density at radius 1 is 1.40 bits per heavy atom. The standard InChI is InChI=1S/C13H19NO/c1-9(2)7-11(14)13-8-10-5-3-4-6-12(10)15-13/h3-6,9,11,13H,7-8,14H2,1-2H3. The molecule has 2 atom stereocenters.